The fourth-order valence-corrected chi connectivity index (χ4v) is 5.20. The van der Waals surface area contributed by atoms with Crippen LogP contribution in [0.4, 0.5) is 5.69 Å². The molecule has 1 aliphatic rings. The van der Waals surface area contributed by atoms with Crippen molar-refractivity contribution in [2.24, 2.45) is 0 Å². The van der Waals surface area contributed by atoms with E-state index in [1.54, 1.807) is 12.1 Å². The molecule has 0 radical (unpaired) electrons. The molecule has 1 aliphatic heterocycles. The number of nitrogens with zero attached hydrogens (tertiary/aromatic N) is 1. The molecule has 0 bridgehead atoms. The summed E-state index contributed by atoms with van der Waals surface area (Å²) in [5.74, 6) is 1.24. The molecule has 1 unspecified atom stereocenters. The third-order valence-corrected chi connectivity index (χ3v) is 8.12. The minimum atomic E-state index is -3.62. The molecule has 2 N–H and O–H groups in total. The number of hydrogen-bond acceptors (Lipinski definition) is 4. The van der Waals surface area contributed by atoms with E-state index in [-0.39, 0.29) is 46.0 Å². The first kappa shape index (κ1) is 29.7. The number of hydrogen-bond donors (Lipinski definition) is 1. The molecule has 0 saturated carbocycles. The Morgan fingerprint density at radius 1 is 0.857 bits per heavy atom. The number of halogens is 1. The van der Waals surface area contributed by atoms with E-state index in [4.69, 9.17) is 22.2 Å². The number of ether oxygens (including phenoxy) is 1. The molecule has 0 aliphatic carbocycles. The normalized spacial score (nSPS) is 15.8. The maximum Gasteiger partial charge on any atom is 1.00 e. The van der Waals surface area contributed by atoms with Crippen molar-refractivity contribution in [3.63, 3.8) is 0 Å². The Morgan fingerprint density at radius 3 is 1.83 bits per heavy atom. The van der Waals surface area contributed by atoms with Crippen LogP contribution in [0.15, 0.2) is 53.4 Å². The maximum absolute atomic E-state index is 11.0. The van der Waals surface area contributed by atoms with Crippen LogP contribution < -0.4 is 40.0 Å². The van der Waals surface area contributed by atoms with Crippen LogP contribution in [0.3, 0.4) is 0 Å². The summed E-state index contributed by atoms with van der Waals surface area (Å²) >= 11 is 4.90. The second kappa shape index (κ2) is 11.2. The summed E-state index contributed by atoms with van der Waals surface area (Å²) in [7, 11) is -3.62. The fraction of sp³-hybridized carbons (Fsp3) is 0.333. The van der Waals surface area contributed by atoms with Crippen LogP contribution in [-0.4, -0.2) is 14.0 Å². The third-order valence-electron chi connectivity index (χ3n) is 6.53. The van der Waals surface area contributed by atoms with E-state index in [0.717, 1.165) is 28.1 Å². The van der Waals surface area contributed by atoms with E-state index in [1.165, 1.54) is 34.4 Å². The van der Waals surface area contributed by atoms with E-state index in [9.17, 15) is 8.42 Å². The minimum Gasteiger partial charge on any atom is -0.486 e. The van der Waals surface area contributed by atoms with Crippen molar-refractivity contribution in [2.45, 2.75) is 64.9 Å². The number of nitrogen functional groups attached to an aromatic ring is 1. The summed E-state index contributed by atoms with van der Waals surface area (Å²) in [5.41, 5.74) is 15.3. The molecule has 1 heterocycles. The van der Waals surface area contributed by atoms with Crippen LogP contribution in [0, 0.1) is 34.6 Å². The molecule has 5 nitrogen and oxygen atoms in total. The Labute approximate surface area is 236 Å². The summed E-state index contributed by atoms with van der Waals surface area (Å²) in [6.45, 7) is 14.6. The molecule has 1 atom stereocenters. The predicted octanol–water partition coefficient (Wildman–Crippen LogP) is 4.02. The van der Waals surface area contributed by atoms with Gasteiger partial charge in [0.2, 0.25) is 0 Å². The van der Waals surface area contributed by atoms with Gasteiger partial charge in [-0.1, -0.05) is 47.5 Å². The van der Waals surface area contributed by atoms with E-state index in [0.29, 0.717) is 0 Å². The average molecular weight is 523 g/mol. The molecule has 3 aromatic carbocycles. The Balaban J connectivity index is 0.000000284. The largest absolute Gasteiger partial charge is 1.00 e. The molecular formula is C27H32ClN2NaO3S. The van der Waals surface area contributed by atoms with E-state index in [1.807, 2.05) is 6.92 Å². The van der Waals surface area contributed by atoms with Crippen molar-refractivity contribution in [1.29, 1.82) is 0 Å². The molecule has 35 heavy (non-hydrogen) atoms. The molecule has 182 valence electrons. The SMILES string of the molecule is Cc1ccc(C2c3c(C)c(N)c(C)c(C)c3OC2(C)C)cc1.Cc1ccc(S(=O)(=O)[N-]Cl)cc1.[Na+]. The van der Waals surface area contributed by atoms with Crippen molar-refractivity contribution in [3.8, 4) is 5.75 Å². The Kier molecular flexibility index (Phi) is 9.54. The van der Waals surface area contributed by atoms with Gasteiger partial charge in [0.05, 0.1) is 5.92 Å². The van der Waals surface area contributed by atoms with E-state index >= 15 is 0 Å². The van der Waals surface area contributed by atoms with Crippen LogP contribution in [0.2, 0.25) is 0 Å². The predicted molar refractivity (Wildman–Crippen MR) is 140 cm³/mol. The van der Waals surface area contributed by atoms with E-state index in [2.05, 4.69) is 70.0 Å². The van der Waals surface area contributed by atoms with Gasteiger partial charge in [0.1, 0.15) is 21.4 Å². The van der Waals surface area contributed by atoms with E-state index < -0.39 is 10.0 Å². The standard InChI is InChI=1S/C20H25NO.C7H7ClNO2S.Na/c1-11-7-9-15(10-8-11)17-16-14(4)18(21)12(2)13(3)19(16)22-20(17,5)6;1-6-2-4-7(5-3-6)12(10,11)9-8;/h7-10,17H,21H2,1-6H3;2-5H,1H3;/q;-1;+1. The van der Waals surface area contributed by atoms with Gasteiger partial charge in [-0.05, 0) is 82.9 Å². The van der Waals surface area contributed by atoms with Gasteiger partial charge in [-0.3, -0.25) is 11.8 Å². The molecule has 0 saturated heterocycles. The number of fused-ring (bicyclic) bond motifs is 1. The second-order valence-corrected chi connectivity index (χ2v) is 11.4. The average Bonchev–Trinajstić information content (AvgIpc) is 3.09. The van der Waals surface area contributed by atoms with Crippen LogP contribution in [0.5, 0.6) is 5.75 Å². The van der Waals surface area contributed by atoms with Gasteiger partial charge in [0.15, 0.2) is 0 Å². The Bertz CT molecular complexity index is 1310. The van der Waals surface area contributed by atoms with Crippen molar-refractivity contribution in [1.82, 2.24) is 0 Å². The number of anilines is 1. The number of rotatable bonds is 3. The molecular weight excluding hydrogens is 491 g/mol. The van der Waals surface area contributed by atoms with Gasteiger partial charge >= 0.3 is 29.6 Å². The fourth-order valence-electron chi connectivity index (χ4n) is 4.40. The van der Waals surface area contributed by atoms with Crippen molar-refractivity contribution >= 4 is 27.5 Å². The zero-order valence-corrected chi connectivity index (χ0v) is 25.3. The number of aryl methyl sites for hydroxylation is 2. The molecule has 3 aromatic rings. The van der Waals surface area contributed by atoms with Crippen molar-refractivity contribution < 1.29 is 42.7 Å². The quantitative estimate of drug-likeness (QED) is 0.416. The first-order valence-corrected chi connectivity index (χ1v) is 12.9. The summed E-state index contributed by atoms with van der Waals surface area (Å²) in [5, 5.41) is 0. The minimum absolute atomic E-state index is 0. The first-order chi connectivity index (χ1) is 15.8. The zero-order chi connectivity index (χ0) is 25.4. The monoisotopic (exact) mass is 522 g/mol. The molecule has 0 aromatic heterocycles. The topological polar surface area (TPSA) is 83.5 Å². The van der Waals surface area contributed by atoms with Crippen LogP contribution in [0.25, 0.3) is 4.24 Å². The van der Waals surface area contributed by atoms with Crippen LogP contribution in [0.1, 0.15) is 58.7 Å². The van der Waals surface area contributed by atoms with Gasteiger partial charge in [0, 0.05) is 16.1 Å². The molecule has 0 amide bonds. The molecule has 0 fully saturated rings. The summed E-state index contributed by atoms with van der Waals surface area (Å²) in [6.07, 6.45) is 0. The van der Waals surface area contributed by atoms with Gasteiger partial charge < -0.3 is 14.7 Å². The maximum atomic E-state index is 11.0. The number of benzene rings is 3. The Morgan fingerprint density at radius 2 is 1.34 bits per heavy atom. The number of sulfonamides is 1. The van der Waals surface area contributed by atoms with Gasteiger partial charge in [-0.15, -0.1) is 0 Å². The third kappa shape index (κ3) is 6.07. The van der Waals surface area contributed by atoms with Gasteiger partial charge in [0.25, 0.3) is 0 Å². The number of nitrogens with two attached hydrogens (primary N) is 1. The summed E-state index contributed by atoms with van der Waals surface area (Å²) < 4.78 is 31.2. The van der Waals surface area contributed by atoms with Crippen LogP contribution in [-0.2, 0) is 10.0 Å². The van der Waals surface area contributed by atoms with Crippen molar-refractivity contribution in [3.05, 3.63) is 91.7 Å². The second-order valence-electron chi connectivity index (χ2n) is 9.44. The van der Waals surface area contributed by atoms with Crippen molar-refractivity contribution in [2.75, 3.05) is 5.73 Å². The summed E-state index contributed by atoms with van der Waals surface area (Å²) in [6, 6.07) is 15.1. The zero-order valence-electron chi connectivity index (χ0n) is 21.7. The smallest absolute Gasteiger partial charge is 0.486 e. The summed E-state index contributed by atoms with van der Waals surface area (Å²) in [4.78, 5) is 0.114. The molecule has 8 heteroatoms. The molecule has 4 rings (SSSR count). The van der Waals surface area contributed by atoms with Gasteiger partial charge in [-0.2, -0.15) is 0 Å². The Hall–Kier alpha value is -1.54. The molecule has 0 spiro atoms. The van der Waals surface area contributed by atoms with Crippen LogP contribution >= 0.6 is 11.8 Å². The first-order valence-electron chi connectivity index (χ1n) is 11.1. The van der Waals surface area contributed by atoms with Gasteiger partial charge in [-0.25, -0.2) is 8.42 Å².